The zero-order valence-corrected chi connectivity index (χ0v) is 17.0. The van der Waals surface area contributed by atoms with Gasteiger partial charge in [-0.3, -0.25) is 4.79 Å². The molecule has 0 radical (unpaired) electrons. The summed E-state index contributed by atoms with van der Waals surface area (Å²) in [6.07, 6.45) is 3.75. The van der Waals surface area contributed by atoms with E-state index in [0.717, 1.165) is 41.8 Å². The lowest BCUT2D eigenvalue weighted by Gasteiger charge is -2.25. The lowest BCUT2D eigenvalue weighted by molar-refractivity contribution is 0.350. The number of benzene rings is 1. The smallest absolute Gasteiger partial charge is 0.253 e. The fourth-order valence-electron chi connectivity index (χ4n) is 2.95. The van der Waals surface area contributed by atoms with E-state index in [9.17, 15) is 4.79 Å². The van der Waals surface area contributed by atoms with E-state index in [1.165, 1.54) is 0 Å². The van der Waals surface area contributed by atoms with Crippen LogP contribution in [0, 0.1) is 0 Å². The Balaban J connectivity index is 1.86. The molecule has 6 nitrogen and oxygen atoms in total. The molecule has 2 N–H and O–H groups in total. The highest BCUT2D eigenvalue weighted by molar-refractivity contribution is 7.80. The zero-order chi connectivity index (χ0) is 19.9. The summed E-state index contributed by atoms with van der Waals surface area (Å²) in [6, 6.07) is 11.2. The molecule has 3 rings (SSSR count). The SMILES string of the molecule is CCCCNC(=S)N(Cc1ccco1)Cc1cc2cc(OC)ccc2[nH]c1=O. The average Bonchev–Trinajstić information content (AvgIpc) is 3.21. The van der Waals surface area contributed by atoms with Crippen molar-refractivity contribution in [3.05, 3.63) is 64.3 Å². The first kappa shape index (κ1) is 19.9. The van der Waals surface area contributed by atoms with Crippen LogP contribution < -0.4 is 15.6 Å². The van der Waals surface area contributed by atoms with Crippen LogP contribution in [0.5, 0.6) is 5.75 Å². The van der Waals surface area contributed by atoms with Gasteiger partial charge in [0, 0.05) is 23.0 Å². The Morgan fingerprint density at radius 3 is 2.86 bits per heavy atom. The van der Waals surface area contributed by atoms with Crippen LogP contribution in [-0.4, -0.2) is 28.7 Å². The minimum atomic E-state index is -0.126. The van der Waals surface area contributed by atoms with Gasteiger partial charge in [0.25, 0.3) is 5.56 Å². The quantitative estimate of drug-likeness (QED) is 0.443. The van der Waals surface area contributed by atoms with Crippen molar-refractivity contribution in [2.45, 2.75) is 32.9 Å². The predicted octanol–water partition coefficient (Wildman–Crippen LogP) is 3.81. The second-order valence-corrected chi connectivity index (χ2v) is 6.98. The van der Waals surface area contributed by atoms with Gasteiger partial charge in [-0.2, -0.15) is 0 Å². The standard InChI is InChI=1S/C21H25N3O3S/c1-3-4-9-22-21(28)24(14-18-6-5-10-27-18)13-16-11-15-12-17(26-2)7-8-19(15)23-20(16)25/h5-8,10-12H,3-4,9,13-14H2,1-2H3,(H,22,28)(H,23,25). The highest BCUT2D eigenvalue weighted by atomic mass is 32.1. The number of aromatic nitrogens is 1. The normalized spacial score (nSPS) is 10.8. The van der Waals surface area contributed by atoms with E-state index in [-0.39, 0.29) is 5.56 Å². The lowest BCUT2D eigenvalue weighted by Crippen LogP contribution is -2.40. The van der Waals surface area contributed by atoms with Gasteiger partial charge in [-0.15, -0.1) is 0 Å². The van der Waals surface area contributed by atoms with E-state index in [1.807, 2.05) is 41.3 Å². The number of H-pyrrole nitrogens is 1. The molecule has 0 fully saturated rings. The topological polar surface area (TPSA) is 70.5 Å². The Morgan fingerprint density at radius 2 is 2.14 bits per heavy atom. The molecule has 0 unspecified atom stereocenters. The molecule has 3 aromatic rings. The summed E-state index contributed by atoms with van der Waals surface area (Å²) in [5.41, 5.74) is 1.28. The Labute approximate surface area is 169 Å². The molecular formula is C21H25N3O3S. The fourth-order valence-corrected chi connectivity index (χ4v) is 3.19. The van der Waals surface area contributed by atoms with Crippen LogP contribution in [0.2, 0.25) is 0 Å². The van der Waals surface area contributed by atoms with Crippen LogP contribution >= 0.6 is 12.2 Å². The van der Waals surface area contributed by atoms with Gasteiger partial charge < -0.3 is 24.4 Å². The number of thiocarbonyl (C=S) groups is 1. The van der Waals surface area contributed by atoms with Gasteiger partial charge in [0.05, 0.1) is 26.5 Å². The Bertz CT molecular complexity index is 982. The van der Waals surface area contributed by atoms with E-state index < -0.39 is 0 Å². The highest BCUT2D eigenvalue weighted by Gasteiger charge is 2.15. The molecule has 7 heteroatoms. The molecule has 2 aromatic heterocycles. The van der Waals surface area contributed by atoms with E-state index in [1.54, 1.807) is 13.4 Å². The molecule has 0 bridgehead atoms. The van der Waals surface area contributed by atoms with Crippen molar-refractivity contribution in [1.29, 1.82) is 0 Å². The summed E-state index contributed by atoms with van der Waals surface area (Å²) in [7, 11) is 1.62. The first-order valence-corrected chi connectivity index (χ1v) is 9.76. The van der Waals surface area contributed by atoms with Crippen molar-refractivity contribution < 1.29 is 9.15 Å². The molecule has 0 spiro atoms. The van der Waals surface area contributed by atoms with Crippen molar-refractivity contribution in [1.82, 2.24) is 15.2 Å². The van der Waals surface area contributed by atoms with Gasteiger partial charge in [-0.05, 0) is 55.0 Å². The number of ether oxygens (including phenoxy) is 1. The lowest BCUT2D eigenvalue weighted by atomic mass is 10.1. The number of nitrogens with zero attached hydrogens (tertiary/aromatic N) is 1. The molecule has 0 aliphatic carbocycles. The average molecular weight is 400 g/mol. The Morgan fingerprint density at radius 1 is 1.29 bits per heavy atom. The summed E-state index contributed by atoms with van der Waals surface area (Å²) in [4.78, 5) is 17.5. The molecule has 28 heavy (non-hydrogen) atoms. The van der Waals surface area contributed by atoms with Crippen LogP contribution in [0.25, 0.3) is 10.9 Å². The van der Waals surface area contributed by atoms with Crippen LogP contribution in [0.1, 0.15) is 31.1 Å². The third-order valence-corrected chi connectivity index (χ3v) is 4.91. The third kappa shape index (κ3) is 4.92. The van der Waals surface area contributed by atoms with Crippen LogP contribution in [0.3, 0.4) is 0 Å². The monoisotopic (exact) mass is 399 g/mol. The molecule has 1 aromatic carbocycles. The van der Waals surface area contributed by atoms with Gasteiger partial charge >= 0.3 is 0 Å². The Hall–Kier alpha value is -2.80. The van der Waals surface area contributed by atoms with Gasteiger partial charge in [0.1, 0.15) is 11.5 Å². The summed E-state index contributed by atoms with van der Waals surface area (Å²) in [6.45, 7) is 3.80. The number of hydrogen-bond acceptors (Lipinski definition) is 4. The molecule has 148 valence electrons. The van der Waals surface area contributed by atoms with Crippen molar-refractivity contribution in [3.63, 3.8) is 0 Å². The number of pyridine rings is 1. The number of unbranched alkanes of at least 4 members (excludes halogenated alkanes) is 1. The van der Waals surface area contributed by atoms with Gasteiger partial charge in [0.15, 0.2) is 5.11 Å². The highest BCUT2D eigenvalue weighted by Crippen LogP contribution is 2.19. The van der Waals surface area contributed by atoms with Gasteiger partial charge in [-0.1, -0.05) is 13.3 Å². The third-order valence-electron chi connectivity index (χ3n) is 4.51. The molecule has 0 saturated heterocycles. The number of rotatable bonds is 8. The zero-order valence-electron chi connectivity index (χ0n) is 16.2. The van der Waals surface area contributed by atoms with Crippen LogP contribution in [0.4, 0.5) is 0 Å². The second-order valence-electron chi connectivity index (χ2n) is 6.60. The largest absolute Gasteiger partial charge is 0.497 e. The van der Waals surface area contributed by atoms with Crippen molar-refractivity contribution in [2.75, 3.05) is 13.7 Å². The number of nitrogens with one attached hydrogen (secondary N) is 2. The summed E-state index contributed by atoms with van der Waals surface area (Å²) >= 11 is 5.58. The number of methoxy groups -OCH3 is 1. The van der Waals surface area contributed by atoms with Crippen LogP contribution in [0.15, 0.2) is 51.9 Å². The van der Waals surface area contributed by atoms with E-state index in [4.69, 9.17) is 21.4 Å². The minimum absolute atomic E-state index is 0.126. The molecule has 2 heterocycles. The van der Waals surface area contributed by atoms with Crippen LogP contribution in [-0.2, 0) is 13.1 Å². The first-order chi connectivity index (χ1) is 13.6. The van der Waals surface area contributed by atoms with E-state index in [0.29, 0.717) is 23.8 Å². The van der Waals surface area contributed by atoms with Crippen molar-refractivity contribution in [2.24, 2.45) is 0 Å². The molecule has 0 amide bonds. The number of fused-ring (bicyclic) bond motifs is 1. The maximum Gasteiger partial charge on any atom is 0.253 e. The van der Waals surface area contributed by atoms with Gasteiger partial charge in [-0.25, -0.2) is 0 Å². The summed E-state index contributed by atoms with van der Waals surface area (Å²) in [5.74, 6) is 1.54. The number of furan rings is 1. The predicted molar refractivity (Wildman–Crippen MR) is 115 cm³/mol. The number of aromatic amines is 1. The molecule has 0 saturated carbocycles. The summed E-state index contributed by atoms with van der Waals surface area (Å²) < 4.78 is 10.8. The fraction of sp³-hybridized carbons (Fsp3) is 0.333. The van der Waals surface area contributed by atoms with Crippen molar-refractivity contribution in [3.8, 4) is 5.75 Å². The second kappa shape index (κ2) is 9.41. The van der Waals surface area contributed by atoms with E-state index in [2.05, 4.69) is 17.2 Å². The molecule has 0 aliphatic rings. The van der Waals surface area contributed by atoms with Crippen molar-refractivity contribution >= 4 is 28.2 Å². The van der Waals surface area contributed by atoms with E-state index >= 15 is 0 Å². The first-order valence-electron chi connectivity index (χ1n) is 9.36. The molecular weight excluding hydrogens is 374 g/mol. The maximum absolute atomic E-state index is 12.6. The molecule has 0 aliphatic heterocycles. The summed E-state index contributed by atoms with van der Waals surface area (Å²) in [5, 5.41) is 4.79. The maximum atomic E-state index is 12.6. The Kier molecular flexibility index (Phi) is 6.71. The minimum Gasteiger partial charge on any atom is -0.497 e. The number of hydrogen-bond donors (Lipinski definition) is 2. The molecule has 0 atom stereocenters. The van der Waals surface area contributed by atoms with Gasteiger partial charge in [0.2, 0.25) is 0 Å².